The second kappa shape index (κ2) is 8.20. The molecule has 0 aliphatic carbocycles. The summed E-state index contributed by atoms with van der Waals surface area (Å²) in [5.41, 5.74) is 7.17. The average Bonchev–Trinajstić information content (AvgIpc) is 3.13. The molecule has 2 aromatic rings. The van der Waals surface area contributed by atoms with Gasteiger partial charge in [0.05, 0.1) is 10.6 Å². The third kappa shape index (κ3) is 4.13. The lowest BCUT2D eigenvalue weighted by Crippen LogP contribution is -2.43. The molecule has 1 atom stereocenters. The zero-order valence-electron chi connectivity index (χ0n) is 15.2. The van der Waals surface area contributed by atoms with Gasteiger partial charge in [-0.25, -0.2) is 0 Å². The van der Waals surface area contributed by atoms with Crippen molar-refractivity contribution in [3.05, 3.63) is 63.1 Å². The number of likely N-dealkylation sites (tertiary alicyclic amines) is 1. The van der Waals surface area contributed by atoms with E-state index in [1.807, 2.05) is 0 Å². The number of anilines is 1. The summed E-state index contributed by atoms with van der Waals surface area (Å²) in [4.78, 5) is 38.6. The van der Waals surface area contributed by atoms with Crippen LogP contribution in [0.15, 0.2) is 36.4 Å². The highest BCUT2D eigenvalue weighted by Gasteiger charge is 2.35. The van der Waals surface area contributed by atoms with Gasteiger partial charge < -0.3 is 16.0 Å². The number of hydrogen-bond donors (Lipinski definition) is 2. The van der Waals surface area contributed by atoms with Gasteiger partial charge in [0.2, 0.25) is 11.8 Å². The molecule has 2 aromatic carbocycles. The number of nitrogens with zero attached hydrogens (tertiary/aromatic N) is 1. The molecule has 0 spiro atoms. The number of primary amides is 1. The van der Waals surface area contributed by atoms with E-state index in [0.717, 1.165) is 0 Å². The molecule has 0 saturated carbocycles. The van der Waals surface area contributed by atoms with Crippen LogP contribution in [0.1, 0.15) is 39.1 Å². The molecule has 1 fully saturated rings. The van der Waals surface area contributed by atoms with Gasteiger partial charge >= 0.3 is 0 Å². The molecular weight excluding hydrogens is 401 g/mol. The Kier molecular flexibility index (Phi) is 5.91. The molecular formula is C20H19Cl2N3O3. The first kappa shape index (κ1) is 20.2. The second-order valence-electron chi connectivity index (χ2n) is 6.66. The fraction of sp³-hybridized carbons (Fsp3) is 0.250. The maximum absolute atomic E-state index is 12.9. The van der Waals surface area contributed by atoms with Gasteiger partial charge in [0.25, 0.3) is 5.91 Å². The molecule has 1 unspecified atom stereocenters. The van der Waals surface area contributed by atoms with E-state index >= 15 is 0 Å². The van der Waals surface area contributed by atoms with Gasteiger partial charge in [-0.1, -0.05) is 23.2 Å². The van der Waals surface area contributed by atoms with Crippen molar-refractivity contribution in [3.63, 3.8) is 0 Å². The van der Waals surface area contributed by atoms with Gasteiger partial charge in [0.15, 0.2) is 0 Å². The Morgan fingerprint density at radius 2 is 1.86 bits per heavy atom. The van der Waals surface area contributed by atoms with E-state index in [1.165, 1.54) is 11.0 Å². The Morgan fingerprint density at radius 1 is 1.11 bits per heavy atom. The lowest BCUT2D eigenvalue weighted by atomic mass is 10.1. The minimum atomic E-state index is -0.612. The Hall–Kier alpha value is -2.57. The maximum Gasteiger partial charge on any atom is 0.256 e. The fourth-order valence-electron chi connectivity index (χ4n) is 3.34. The van der Waals surface area contributed by atoms with Crippen molar-refractivity contribution in [2.24, 2.45) is 5.73 Å². The van der Waals surface area contributed by atoms with Gasteiger partial charge in [-0.15, -0.1) is 0 Å². The number of amides is 3. The minimum absolute atomic E-state index is 0.274. The number of carbonyl (C=O) groups is 3. The molecule has 1 heterocycles. The normalized spacial score (nSPS) is 16.1. The van der Waals surface area contributed by atoms with Crippen LogP contribution in [-0.2, 0) is 4.79 Å². The Morgan fingerprint density at radius 3 is 2.54 bits per heavy atom. The smallest absolute Gasteiger partial charge is 0.256 e. The maximum atomic E-state index is 12.9. The summed E-state index contributed by atoms with van der Waals surface area (Å²) >= 11 is 12.1. The minimum Gasteiger partial charge on any atom is -0.366 e. The molecule has 8 heteroatoms. The fourth-order valence-corrected chi connectivity index (χ4v) is 3.71. The standard InChI is InChI=1S/C20H19Cl2N3O3/c1-11-9-13(5-6-14(11)18(23)26)24-19(27)17-3-2-8-25(17)20(28)15-10-12(21)4-7-16(15)22/h4-7,9-10,17H,2-3,8H2,1H3,(H2,23,26)(H,24,27). The second-order valence-corrected chi connectivity index (χ2v) is 7.51. The predicted molar refractivity (Wildman–Crippen MR) is 109 cm³/mol. The molecule has 0 bridgehead atoms. The first-order valence-electron chi connectivity index (χ1n) is 8.75. The Balaban J connectivity index is 1.78. The Labute approximate surface area is 172 Å². The summed E-state index contributed by atoms with van der Waals surface area (Å²) in [6, 6.07) is 8.91. The summed E-state index contributed by atoms with van der Waals surface area (Å²) in [7, 11) is 0. The topological polar surface area (TPSA) is 92.5 Å². The molecule has 3 rings (SSSR count). The summed E-state index contributed by atoms with van der Waals surface area (Å²) < 4.78 is 0. The largest absolute Gasteiger partial charge is 0.366 e. The van der Waals surface area contributed by atoms with Crippen molar-refractivity contribution >= 4 is 46.6 Å². The van der Waals surface area contributed by atoms with Gasteiger partial charge in [-0.2, -0.15) is 0 Å². The lowest BCUT2D eigenvalue weighted by Gasteiger charge is -2.24. The first-order chi connectivity index (χ1) is 13.3. The number of halogens is 2. The summed E-state index contributed by atoms with van der Waals surface area (Å²) in [6.07, 6.45) is 1.26. The van der Waals surface area contributed by atoms with E-state index in [1.54, 1.807) is 37.3 Å². The van der Waals surface area contributed by atoms with Gasteiger partial charge in [-0.3, -0.25) is 14.4 Å². The third-order valence-electron chi connectivity index (χ3n) is 4.73. The van der Waals surface area contributed by atoms with Crippen molar-refractivity contribution < 1.29 is 14.4 Å². The number of carbonyl (C=O) groups excluding carboxylic acids is 3. The van der Waals surface area contributed by atoms with Crippen molar-refractivity contribution in [2.45, 2.75) is 25.8 Å². The molecule has 146 valence electrons. The highest BCUT2D eigenvalue weighted by Crippen LogP contribution is 2.27. The molecule has 0 aromatic heterocycles. The van der Waals surface area contributed by atoms with E-state index in [0.29, 0.717) is 41.2 Å². The predicted octanol–water partition coefficient (Wildman–Crippen LogP) is 3.64. The van der Waals surface area contributed by atoms with E-state index in [-0.39, 0.29) is 22.4 Å². The van der Waals surface area contributed by atoms with Crippen LogP contribution in [0.3, 0.4) is 0 Å². The van der Waals surface area contributed by atoms with Crippen LogP contribution in [0.25, 0.3) is 0 Å². The SMILES string of the molecule is Cc1cc(NC(=O)C2CCCN2C(=O)c2cc(Cl)ccc2Cl)ccc1C(N)=O. The highest BCUT2D eigenvalue weighted by atomic mass is 35.5. The molecule has 1 aliphatic rings. The van der Waals surface area contributed by atoms with E-state index in [4.69, 9.17) is 28.9 Å². The summed E-state index contributed by atoms with van der Waals surface area (Å²) in [5.74, 6) is -1.15. The van der Waals surface area contributed by atoms with E-state index < -0.39 is 11.9 Å². The third-order valence-corrected chi connectivity index (χ3v) is 5.30. The first-order valence-corrected chi connectivity index (χ1v) is 9.51. The van der Waals surface area contributed by atoms with Crippen LogP contribution in [0, 0.1) is 6.92 Å². The van der Waals surface area contributed by atoms with Gasteiger partial charge in [0, 0.05) is 22.8 Å². The van der Waals surface area contributed by atoms with Crippen molar-refractivity contribution in [1.82, 2.24) is 4.90 Å². The number of benzene rings is 2. The number of nitrogens with one attached hydrogen (secondary N) is 1. The summed E-state index contributed by atoms with van der Waals surface area (Å²) in [5, 5.41) is 3.50. The van der Waals surface area contributed by atoms with E-state index in [2.05, 4.69) is 5.32 Å². The van der Waals surface area contributed by atoms with Gasteiger partial charge in [0.1, 0.15) is 6.04 Å². The van der Waals surface area contributed by atoms with Crippen molar-refractivity contribution in [1.29, 1.82) is 0 Å². The van der Waals surface area contributed by atoms with Gasteiger partial charge in [-0.05, 0) is 61.7 Å². The number of hydrogen-bond acceptors (Lipinski definition) is 3. The van der Waals surface area contributed by atoms with Crippen molar-refractivity contribution in [3.8, 4) is 0 Å². The molecule has 1 saturated heterocycles. The molecule has 6 nitrogen and oxygen atoms in total. The van der Waals surface area contributed by atoms with Crippen LogP contribution in [0.4, 0.5) is 5.69 Å². The molecule has 3 N–H and O–H groups in total. The van der Waals surface area contributed by atoms with Crippen LogP contribution < -0.4 is 11.1 Å². The molecule has 28 heavy (non-hydrogen) atoms. The zero-order chi connectivity index (χ0) is 20.4. The number of rotatable bonds is 4. The van der Waals surface area contributed by atoms with Crippen LogP contribution >= 0.6 is 23.2 Å². The summed E-state index contributed by atoms with van der Waals surface area (Å²) in [6.45, 7) is 2.20. The van der Waals surface area contributed by atoms with Crippen molar-refractivity contribution in [2.75, 3.05) is 11.9 Å². The van der Waals surface area contributed by atoms with Crippen LogP contribution in [0.2, 0.25) is 10.0 Å². The molecule has 0 radical (unpaired) electrons. The highest BCUT2D eigenvalue weighted by molar-refractivity contribution is 6.35. The quantitative estimate of drug-likeness (QED) is 0.791. The number of aryl methyl sites for hydroxylation is 1. The molecule has 3 amide bonds. The van der Waals surface area contributed by atoms with E-state index in [9.17, 15) is 14.4 Å². The number of nitrogens with two attached hydrogens (primary N) is 1. The molecule has 1 aliphatic heterocycles. The Bertz CT molecular complexity index is 962. The zero-order valence-corrected chi connectivity index (χ0v) is 16.7. The van der Waals surface area contributed by atoms with Crippen LogP contribution in [0.5, 0.6) is 0 Å². The average molecular weight is 420 g/mol. The monoisotopic (exact) mass is 419 g/mol. The lowest BCUT2D eigenvalue weighted by molar-refractivity contribution is -0.119. The van der Waals surface area contributed by atoms with Crippen LogP contribution in [-0.4, -0.2) is 35.2 Å².